The second-order valence-corrected chi connectivity index (χ2v) is 6.12. The number of ether oxygens (including phenoxy) is 1. The van der Waals surface area contributed by atoms with E-state index in [1.165, 1.54) is 13.2 Å². The highest BCUT2D eigenvalue weighted by Crippen LogP contribution is 2.27. The molecule has 2 aromatic carbocycles. The Bertz CT molecular complexity index is 820. The molecule has 0 unspecified atom stereocenters. The Kier molecular flexibility index (Phi) is 5.15. The molecule has 0 aliphatic heterocycles. The summed E-state index contributed by atoms with van der Waals surface area (Å²) in [6.07, 6.45) is 0. The highest BCUT2D eigenvalue weighted by Gasteiger charge is 2.13. The Labute approximate surface area is 144 Å². The summed E-state index contributed by atoms with van der Waals surface area (Å²) < 4.78 is 20.8. The number of benzene rings is 2. The van der Waals surface area contributed by atoms with Crippen molar-refractivity contribution < 1.29 is 9.13 Å². The van der Waals surface area contributed by atoms with Crippen LogP contribution >= 0.6 is 11.8 Å². The molecular weight excluding hydrogens is 325 g/mol. The summed E-state index contributed by atoms with van der Waals surface area (Å²) in [6.45, 7) is 2.84. The van der Waals surface area contributed by atoms with E-state index in [0.29, 0.717) is 5.75 Å². The molecule has 0 fully saturated rings. The minimum Gasteiger partial charge on any atom is -0.494 e. The van der Waals surface area contributed by atoms with E-state index >= 15 is 0 Å². The number of hydrogen-bond donors (Lipinski definition) is 0. The van der Waals surface area contributed by atoms with Crippen molar-refractivity contribution in [1.29, 1.82) is 0 Å². The molecule has 0 aliphatic carbocycles. The Hall–Kier alpha value is -2.34. The van der Waals surface area contributed by atoms with Gasteiger partial charge in [-0.3, -0.25) is 0 Å². The van der Waals surface area contributed by atoms with E-state index in [1.807, 2.05) is 36.4 Å². The maximum Gasteiger partial charge on any atom is 0.191 e. The van der Waals surface area contributed by atoms with E-state index in [0.717, 1.165) is 28.7 Å². The summed E-state index contributed by atoms with van der Waals surface area (Å²) in [4.78, 5) is 0. The molecule has 6 heteroatoms. The van der Waals surface area contributed by atoms with Crippen LogP contribution in [0.3, 0.4) is 0 Å². The molecule has 0 N–H and O–H groups in total. The first-order valence-electron chi connectivity index (χ1n) is 7.66. The lowest BCUT2D eigenvalue weighted by Crippen LogP contribution is -2.00. The molecule has 24 heavy (non-hydrogen) atoms. The van der Waals surface area contributed by atoms with Crippen LogP contribution < -0.4 is 4.74 Å². The highest BCUT2D eigenvalue weighted by molar-refractivity contribution is 7.98. The largest absolute Gasteiger partial charge is 0.494 e. The van der Waals surface area contributed by atoms with Gasteiger partial charge >= 0.3 is 0 Å². The molecule has 1 aromatic heterocycles. The van der Waals surface area contributed by atoms with Gasteiger partial charge in [0.1, 0.15) is 0 Å². The van der Waals surface area contributed by atoms with E-state index in [4.69, 9.17) is 4.74 Å². The molecule has 1 heterocycles. The summed E-state index contributed by atoms with van der Waals surface area (Å²) in [6, 6.07) is 15.0. The minimum atomic E-state index is -0.350. The molecule has 0 spiro atoms. The summed E-state index contributed by atoms with van der Waals surface area (Å²) in [5, 5.41) is 9.43. The van der Waals surface area contributed by atoms with Crippen molar-refractivity contribution in [2.45, 2.75) is 24.4 Å². The van der Waals surface area contributed by atoms with Gasteiger partial charge in [0, 0.05) is 17.9 Å². The third kappa shape index (κ3) is 3.43. The van der Waals surface area contributed by atoms with Gasteiger partial charge in [0.05, 0.1) is 7.11 Å². The minimum absolute atomic E-state index is 0.256. The van der Waals surface area contributed by atoms with Crippen LogP contribution in [0.25, 0.3) is 11.4 Å². The third-order valence-corrected chi connectivity index (χ3v) is 4.69. The van der Waals surface area contributed by atoms with Gasteiger partial charge in [0.15, 0.2) is 22.5 Å². The lowest BCUT2D eigenvalue weighted by Gasteiger charge is -2.08. The van der Waals surface area contributed by atoms with Gasteiger partial charge in [0.25, 0.3) is 0 Å². The van der Waals surface area contributed by atoms with Crippen molar-refractivity contribution in [2.24, 2.45) is 0 Å². The molecule has 0 radical (unpaired) electrons. The van der Waals surface area contributed by atoms with Crippen LogP contribution in [0.2, 0.25) is 0 Å². The van der Waals surface area contributed by atoms with Crippen molar-refractivity contribution in [2.75, 3.05) is 7.11 Å². The van der Waals surface area contributed by atoms with Crippen LogP contribution in [0.5, 0.6) is 5.75 Å². The van der Waals surface area contributed by atoms with Gasteiger partial charge in [-0.15, -0.1) is 10.2 Å². The Morgan fingerprint density at radius 1 is 1.12 bits per heavy atom. The lowest BCUT2D eigenvalue weighted by molar-refractivity contribution is 0.386. The number of aromatic nitrogens is 3. The van der Waals surface area contributed by atoms with E-state index < -0.39 is 0 Å². The normalized spacial score (nSPS) is 10.8. The second-order valence-electron chi connectivity index (χ2n) is 5.17. The topological polar surface area (TPSA) is 39.9 Å². The van der Waals surface area contributed by atoms with Crippen molar-refractivity contribution in [3.63, 3.8) is 0 Å². The van der Waals surface area contributed by atoms with Crippen molar-refractivity contribution >= 4 is 11.8 Å². The number of hydrogen-bond acceptors (Lipinski definition) is 4. The predicted octanol–water partition coefficient (Wildman–Crippen LogP) is 4.41. The molecule has 3 rings (SSSR count). The van der Waals surface area contributed by atoms with E-state index in [2.05, 4.69) is 21.7 Å². The van der Waals surface area contributed by atoms with Crippen LogP contribution in [0.4, 0.5) is 4.39 Å². The Morgan fingerprint density at radius 2 is 1.92 bits per heavy atom. The van der Waals surface area contributed by atoms with E-state index in [1.54, 1.807) is 17.8 Å². The van der Waals surface area contributed by atoms with Crippen molar-refractivity contribution in [3.8, 4) is 17.1 Å². The lowest BCUT2D eigenvalue weighted by atomic mass is 10.2. The SMILES string of the molecule is CCn1c(SCc2ccc(OC)c(F)c2)nnc1-c1ccccc1. The maximum absolute atomic E-state index is 13.8. The zero-order valence-electron chi connectivity index (χ0n) is 13.6. The predicted molar refractivity (Wildman–Crippen MR) is 93.6 cm³/mol. The molecule has 4 nitrogen and oxygen atoms in total. The first-order valence-corrected chi connectivity index (χ1v) is 8.65. The monoisotopic (exact) mass is 343 g/mol. The average Bonchev–Trinajstić information content (AvgIpc) is 3.03. The number of nitrogens with zero attached hydrogens (tertiary/aromatic N) is 3. The van der Waals surface area contributed by atoms with E-state index in [9.17, 15) is 4.39 Å². The van der Waals surface area contributed by atoms with Crippen LogP contribution in [0.15, 0.2) is 53.7 Å². The Morgan fingerprint density at radius 3 is 2.58 bits per heavy atom. The van der Waals surface area contributed by atoms with Crippen LogP contribution in [0, 0.1) is 5.82 Å². The molecule has 0 amide bonds. The second kappa shape index (κ2) is 7.49. The number of thioether (sulfide) groups is 1. The quantitative estimate of drug-likeness (QED) is 0.622. The fourth-order valence-electron chi connectivity index (χ4n) is 2.43. The molecule has 0 saturated heterocycles. The third-order valence-electron chi connectivity index (χ3n) is 3.65. The summed E-state index contributed by atoms with van der Waals surface area (Å²) >= 11 is 1.54. The van der Waals surface area contributed by atoms with Crippen LogP contribution in [-0.4, -0.2) is 21.9 Å². The summed E-state index contributed by atoms with van der Waals surface area (Å²) in [5.41, 5.74) is 1.92. The number of halogens is 1. The highest BCUT2D eigenvalue weighted by atomic mass is 32.2. The Balaban J connectivity index is 1.79. The maximum atomic E-state index is 13.8. The van der Waals surface area contributed by atoms with Gasteiger partial charge < -0.3 is 9.30 Å². The smallest absolute Gasteiger partial charge is 0.191 e. The molecule has 0 aliphatic rings. The number of methoxy groups -OCH3 is 1. The van der Waals surface area contributed by atoms with Gasteiger partial charge in [-0.2, -0.15) is 0 Å². The first-order chi connectivity index (χ1) is 11.7. The molecule has 3 aromatic rings. The summed E-state index contributed by atoms with van der Waals surface area (Å²) in [7, 11) is 1.46. The zero-order chi connectivity index (χ0) is 16.9. The van der Waals surface area contributed by atoms with Gasteiger partial charge in [0.2, 0.25) is 0 Å². The van der Waals surface area contributed by atoms with Crippen LogP contribution in [-0.2, 0) is 12.3 Å². The van der Waals surface area contributed by atoms with Gasteiger partial charge in [-0.05, 0) is 24.6 Å². The van der Waals surface area contributed by atoms with Crippen molar-refractivity contribution in [3.05, 3.63) is 59.9 Å². The average molecular weight is 343 g/mol. The zero-order valence-corrected chi connectivity index (χ0v) is 14.4. The van der Waals surface area contributed by atoms with Crippen LogP contribution in [0.1, 0.15) is 12.5 Å². The molecular formula is C18H18FN3OS. The van der Waals surface area contributed by atoms with Gasteiger partial charge in [-0.1, -0.05) is 48.2 Å². The number of rotatable bonds is 6. The molecule has 124 valence electrons. The summed E-state index contributed by atoms with van der Waals surface area (Å²) in [5.74, 6) is 1.37. The first kappa shape index (κ1) is 16.5. The van der Waals surface area contributed by atoms with Gasteiger partial charge in [-0.25, -0.2) is 4.39 Å². The fraction of sp³-hybridized carbons (Fsp3) is 0.222. The molecule has 0 atom stereocenters. The standard InChI is InChI=1S/C18H18FN3OS/c1-3-22-17(14-7-5-4-6-8-14)20-21-18(22)24-12-13-9-10-16(23-2)15(19)11-13/h4-11H,3,12H2,1-2H3. The van der Waals surface area contributed by atoms with Crippen molar-refractivity contribution in [1.82, 2.24) is 14.8 Å². The molecule has 0 bridgehead atoms. The van der Waals surface area contributed by atoms with E-state index in [-0.39, 0.29) is 11.6 Å². The molecule has 0 saturated carbocycles. The fourth-order valence-corrected chi connectivity index (χ4v) is 3.37.